The molecule has 0 unspecified atom stereocenters. The van der Waals surface area contributed by atoms with Crippen LogP contribution in [-0.4, -0.2) is 16.6 Å². The number of rotatable bonds is 3. The predicted octanol–water partition coefficient (Wildman–Crippen LogP) is 0.816. The van der Waals surface area contributed by atoms with Gasteiger partial charge in [0.15, 0.2) is 0 Å². The molecule has 0 fully saturated rings. The number of hydrogen-bond acceptors (Lipinski definition) is 3. The lowest BCUT2D eigenvalue weighted by atomic mass is 10.8. The first-order chi connectivity index (χ1) is 3.27. The summed E-state index contributed by atoms with van der Waals surface area (Å²) in [5.41, 5.74) is 0. The van der Waals surface area contributed by atoms with E-state index in [9.17, 15) is 4.79 Å². The minimum atomic E-state index is 0.145. The number of nitrogens with one attached hydrogen (secondary N) is 1. The Bertz CT molecular complexity index is 68.0. The molecular weight excluding hydrogens is 225 g/mol. The lowest BCUT2D eigenvalue weighted by molar-refractivity contribution is -0.108. The lowest BCUT2D eigenvalue weighted by Crippen LogP contribution is -2.09. The van der Waals surface area contributed by atoms with E-state index >= 15 is 0 Å². The van der Waals surface area contributed by atoms with E-state index in [1.54, 1.807) is 22.6 Å². The molecule has 0 saturated carbocycles. The summed E-state index contributed by atoms with van der Waals surface area (Å²) >= 11 is 3.21. The summed E-state index contributed by atoms with van der Waals surface area (Å²) in [4.78, 5) is 10.1. The predicted molar refractivity (Wildman–Crippen MR) is 40.5 cm³/mol. The summed E-state index contributed by atoms with van der Waals surface area (Å²) in [5, 5.41) is 0. The van der Waals surface area contributed by atoms with Gasteiger partial charge in [0.2, 0.25) is 3.79 Å². The van der Waals surface area contributed by atoms with Gasteiger partial charge in [0.1, 0.15) is 0 Å². The van der Waals surface area contributed by atoms with Crippen LogP contribution in [0.1, 0.15) is 0 Å². The van der Waals surface area contributed by atoms with Crippen molar-refractivity contribution in [2.24, 2.45) is 0 Å². The van der Waals surface area contributed by atoms with Crippen LogP contribution in [0.3, 0.4) is 0 Å². The molecule has 0 amide bonds. The number of hydrogen-bond donors (Lipinski definition) is 1. The minimum Gasteiger partial charge on any atom is -0.286 e. The van der Waals surface area contributed by atoms with Gasteiger partial charge in [-0.05, 0) is 6.26 Å². The second-order valence-corrected chi connectivity index (χ2v) is 2.78. The van der Waals surface area contributed by atoms with Gasteiger partial charge >= 0.3 is 0 Å². The maximum atomic E-state index is 10.1. The molecule has 0 radical (unpaired) electrons. The highest BCUT2D eigenvalue weighted by Crippen LogP contribution is 1.85. The van der Waals surface area contributed by atoms with Crippen LogP contribution in [0.2, 0.25) is 0 Å². The SMILES string of the molecule is CSNCC(=O)I. The largest absolute Gasteiger partial charge is 0.286 e. The van der Waals surface area contributed by atoms with Crippen molar-refractivity contribution in [3.8, 4) is 0 Å². The second kappa shape index (κ2) is 4.86. The van der Waals surface area contributed by atoms with Gasteiger partial charge in [-0.1, -0.05) is 11.9 Å². The third kappa shape index (κ3) is 6.71. The molecule has 0 aliphatic heterocycles. The molecule has 0 aromatic heterocycles. The van der Waals surface area contributed by atoms with E-state index in [4.69, 9.17) is 0 Å². The highest BCUT2D eigenvalue weighted by molar-refractivity contribution is 14.1. The Kier molecular flexibility index (Phi) is 5.35. The van der Waals surface area contributed by atoms with Crippen molar-refractivity contribution in [3.63, 3.8) is 0 Å². The van der Waals surface area contributed by atoms with Crippen molar-refractivity contribution >= 4 is 38.3 Å². The van der Waals surface area contributed by atoms with Crippen LogP contribution in [0.15, 0.2) is 0 Å². The number of carbonyl (C=O) groups is 1. The Labute approximate surface area is 60.7 Å². The Morgan fingerprint density at radius 3 is 2.71 bits per heavy atom. The van der Waals surface area contributed by atoms with Crippen LogP contribution in [-0.2, 0) is 4.79 Å². The molecule has 7 heavy (non-hydrogen) atoms. The van der Waals surface area contributed by atoms with Crippen molar-refractivity contribution in [1.29, 1.82) is 0 Å². The zero-order valence-corrected chi connectivity index (χ0v) is 6.88. The molecule has 2 nitrogen and oxygen atoms in total. The molecule has 0 spiro atoms. The topological polar surface area (TPSA) is 29.1 Å². The third-order valence-electron chi connectivity index (χ3n) is 0.355. The smallest absolute Gasteiger partial charge is 0.206 e. The molecule has 0 rings (SSSR count). The fourth-order valence-electron chi connectivity index (χ4n) is 0.129. The zero-order valence-electron chi connectivity index (χ0n) is 3.90. The van der Waals surface area contributed by atoms with Crippen molar-refractivity contribution in [2.75, 3.05) is 12.8 Å². The normalized spacial score (nSPS) is 8.86. The van der Waals surface area contributed by atoms with E-state index < -0.39 is 0 Å². The molecule has 0 saturated heterocycles. The quantitative estimate of drug-likeness (QED) is 0.443. The fraction of sp³-hybridized carbons (Fsp3) is 0.667. The number of carbonyl (C=O) groups excluding carboxylic acids is 1. The molecule has 0 aliphatic rings. The van der Waals surface area contributed by atoms with Gasteiger partial charge in [-0.25, -0.2) is 0 Å². The van der Waals surface area contributed by atoms with Gasteiger partial charge in [0.05, 0.1) is 6.54 Å². The molecule has 42 valence electrons. The molecule has 4 heteroatoms. The Morgan fingerprint density at radius 2 is 2.57 bits per heavy atom. The molecular formula is C3H6INOS. The molecule has 0 atom stereocenters. The summed E-state index contributed by atoms with van der Waals surface area (Å²) in [7, 11) is 0. The molecule has 0 heterocycles. The van der Waals surface area contributed by atoms with Gasteiger partial charge in [-0.2, -0.15) is 0 Å². The highest BCUT2D eigenvalue weighted by atomic mass is 127. The van der Waals surface area contributed by atoms with Crippen LogP contribution in [0.4, 0.5) is 0 Å². The fourth-order valence-corrected chi connectivity index (χ4v) is 0.854. The molecule has 0 bridgehead atoms. The summed E-state index contributed by atoms with van der Waals surface area (Å²) in [5.74, 6) is 0. The average molecular weight is 231 g/mol. The van der Waals surface area contributed by atoms with Crippen LogP contribution < -0.4 is 4.72 Å². The van der Waals surface area contributed by atoms with Gasteiger partial charge in [0.25, 0.3) is 0 Å². The lowest BCUT2D eigenvalue weighted by Gasteiger charge is -1.89. The van der Waals surface area contributed by atoms with Crippen molar-refractivity contribution in [3.05, 3.63) is 0 Å². The van der Waals surface area contributed by atoms with Crippen molar-refractivity contribution in [2.45, 2.75) is 0 Å². The average Bonchev–Trinajstić information content (AvgIpc) is 1.61. The monoisotopic (exact) mass is 231 g/mol. The van der Waals surface area contributed by atoms with E-state index in [0.29, 0.717) is 6.54 Å². The Hall–Kier alpha value is 0.710. The Balaban J connectivity index is 2.82. The second-order valence-electron chi connectivity index (χ2n) is 0.880. The molecule has 0 aromatic rings. The standard InChI is InChI=1S/C3H6INOS/c1-7-5-2-3(4)6/h5H,2H2,1H3. The number of halogens is 1. The van der Waals surface area contributed by atoms with E-state index in [-0.39, 0.29) is 3.79 Å². The van der Waals surface area contributed by atoms with Crippen LogP contribution in [0.25, 0.3) is 0 Å². The van der Waals surface area contributed by atoms with Crippen molar-refractivity contribution < 1.29 is 4.79 Å². The summed E-state index contributed by atoms with van der Waals surface area (Å²) in [6.07, 6.45) is 1.89. The molecule has 0 aliphatic carbocycles. The first-order valence-corrected chi connectivity index (χ1v) is 4.02. The van der Waals surface area contributed by atoms with E-state index in [1.165, 1.54) is 11.9 Å². The maximum absolute atomic E-state index is 10.1. The molecule has 0 aromatic carbocycles. The summed E-state index contributed by atoms with van der Waals surface area (Å²) in [6, 6.07) is 0. The third-order valence-corrected chi connectivity index (χ3v) is 1.17. The van der Waals surface area contributed by atoms with Crippen LogP contribution in [0.5, 0.6) is 0 Å². The summed E-state index contributed by atoms with van der Waals surface area (Å²) < 4.78 is 2.95. The molecule has 1 N–H and O–H groups in total. The van der Waals surface area contributed by atoms with Crippen LogP contribution in [0, 0.1) is 0 Å². The van der Waals surface area contributed by atoms with Crippen molar-refractivity contribution in [1.82, 2.24) is 4.72 Å². The first kappa shape index (κ1) is 7.71. The Morgan fingerprint density at radius 1 is 2.00 bits per heavy atom. The summed E-state index contributed by atoms with van der Waals surface area (Å²) in [6.45, 7) is 0.460. The van der Waals surface area contributed by atoms with E-state index in [1.807, 2.05) is 6.26 Å². The van der Waals surface area contributed by atoms with E-state index in [0.717, 1.165) is 0 Å². The van der Waals surface area contributed by atoms with Gasteiger partial charge < -0.3 is 0 Å². The zero-order chi connectivity index (χ0) is 5.70. The van der Waals surface area contributed by atoms with E-state index in [2.05, 4.69) is 4.72 Å². The minimum absolute atomic E-state index is 0.145. The first-order valence-electron chi connectivity index (χ1n) is 1.71. The maximum Gasteiger partial charge on any atom is 0.206 e. The van der Waals surface area contributed by atoms with Gasteiger partial charge in [-0.15, -0.1) is 0 Å². The highest BCUT2D eigenvalue weighted by Gasteiger charge is 1.88. The van der Waals surface area contributed by atoms with Gasteiger partial charge in [-0.3, -0.25) is 9.52 Å². The van der Waals surface area contributed by atoms with Crippen LogP contribution >= 0.6 is 34.5 Å². The van der Waals surface area contributed by atoms with Gasteiger partial charge in [0, 0.05) is 22.6 Å².